The molecule has 2 aromatic rings. The minimum absolute atomic E-state index is 0.171. The molecule has 0 aliphatic rings. The van der Waals surface area contributed by atoms with Gasteiger partial charge in [-0.1, -0.05) is 48.5 Å². The Bertz CT molecular complexity index is 505. The third-order valence-corrected chi connectivity index (χ3v) is 3.05. The molecule has 0 fully saturated rings. The molecule has 2 aromatic carbocycles. The summed E-state index contributed by atoms with van der Waals surface area (Å²) in [6, 6.07) is 18.7. The summed E-state index contributed by atoms with van der Waals surface area (Å²) in [4.78, 5) is 0. The van der Waals surface area contributed by atoms with Crippen molar-refractivity contribution in [2.75, 3.05) is 13.7 Å². The number of hydrogen-bond donors (Lipinski definition) is 1. The van der Waals surface area contributed by atoms with Gasteiger partial charge in [-0.2, -0.15) is 0 Å². The van der Waals surface area contributed by atoms with Crippen molar-refractivity contribution in [1.29, 1.82) is 0 Å². The van der Waals surface area contributed by atoms with Crippen LogP contribution >= 0.6 is 0 Å². The molecule has 98 valence electrons. The first-order valence-corrected chi connectivity index (χ1v) is 6.38. The molecule has 2 heteroatoms. The lowest BCUT2D eigenvalue weighted by Crippen LogP contribution is -2.22. The number of hydrogen-bond acceptors (Lipinski definition) is 2. The Kier molecular flexibility index (Phi) is 4.76. The Hall–Kier alpha value is -2.06. The van der Waals surface area contributed by atoms with E-state index in [0.29, 0.717) is 0 Å². The summed E-state index contributed by atoms with van der Waals surface area (Å²) in [6.45, 7) is 4.53. The highest BCUT2D eigenvalue weighted by molar-refractivity contribution is 5.35. The second kappa shape index (κ2) is 6.76. The first-order chi connectivity index (χ1) is 9.35. The highest BCUT2D eigenvalue weighted by atomic mass is 16.5. The number of methoxy groups -OCH3 is 1. The van der Waals surface area contributed by atoms with Crippen LogP contribution in [-0.2, 0) is 0 Å². The fourth-order valence-electron chi connectivity index (χ4n) is 2.07. The highest BCUT2D eigenvalue weighted by Crippen LogP contribution is 2.23. The SMILES string of the molecule is C=CCNC(c1ccccc1)c1ccc(OC)cc1. The molecule has 2 nitrogen and oxygen atoms in total. The lowest BCUT2D eigenvalue weighted by molar-refractivity contribution is 0.414. The molecule has 19 heavy (non-hydrogen) atoms. The molecule has 0 amide bonds. The lowest BCUT2D eigenvalue weighted by Gasteiger charge is -2.19. The summed E-state index contributed by atoms with van der Waals surface area (Å²) >= 11 is 0. The van der Waals surface area contributed by atoms with Gasteiger partial charge >= 0.3 is 0 Å². The van der Waals surface area contributed by atoms with Crippen LogP contribution in [0.1, 0.15) is 17.2 Å². The molecule has 0 spiro atoms. The minimum atomic E-state index is 0.171. The van der Waals surface area contributed by atoms with E-state index in [9.17, 15) is 0 Å². The van der Waals surface area contributed by atoms with E-state index in [1.807, 2.05) is 24.3 Å². The van der Waals surface area contributed by atoms with Gasteiger partial charge in [0.25, 0.3) is 0 Å². The first kappa shape index (κ1) is 13.4. The Morgan fingerprint density at radius 2 is 1.68 bits per heavy atom. The number of benzene rings is 2. The van der Waals surface area contributed by atoms with Crippen LogP contribution in [0.15, 0.2) is 67.3 Å². The molecule has 0 saturated carbocycles. The Morgan fingerprint density at radius 1 is 1.05 bits per heavy atom. The van der Waals surface area contributed by atoms with E-state index in [4.69, 9.17) is 4.74 Å². The van der Waals surface area contributed by atoms with Gasteiger partial charge in [-0.15, -0.1) is 6.58 Å². The monoisotopic (exact) mass is 253 g/mol. The van der Waals surface area contributed by atoms with E-state index in [-0.39, 0.29) is 6.04 Å². The zero-order chi connectivity index (χ0) is 13.5. The third-order valence-electron chi connectivity index (χ3n) is 3.05. The summed E-state index contributed by atoms with van der Waals surface area (Å²) in [6.07, 6.45) is 1.87. The quantitative estimate of drug-likeness (QED) is 0.795. The summed E-state index contributed by atoms with van der Waals surface area (Å²) in [7, 11) is 1.68. The van der Waals surface area contributed by atoms with Crippen LogP contribution in [0.25, 0.3) is 0 Å². The van der Waals surface area contributed by atoms with E-state index < -0.39 is 0 Å². The van der Waals surface area contributed by atoms with Crippen LogP contribution < -0.4 is 10.1 Å². The number of nitrogens with one attached hydrogen (secondary N) is 1. The van der Waals surface area contributed by atoms with Gasteiger partial charge in [-0.25, -0.2) is 0 Å². The van der Waals surface area contributed by atoms with Gasteiger partial charge in [0.2, 0.25) is 0 Å². The molecular formula is C17H19NO. The van der Waals surface area contributed by atoms with Gasteiger partial charge in [-0.05, 0) is 23.3 Å². The molecule has 0 aromatic heterocycles. The average molecular weight is 253 g/mol. The molecular weight excluding hydrogens is 234 g/mol. The third kappa shape index (κ3) is 3.46. The van der Waals surface area contributed by atoms with E-state index in [1.54, 1.807) is 7.11 Å². The predicted octanol–water partition coefficient (Wildman–Crippen LogP) is 3.56. The Morgan fingerprint density at radius 3 is 2.26 bits per heavy atom. The van der Waals surface area contributed by atoms with Gasteiger partial charge < -0.3 is 10.1 Å². The topological polar surface area (TPSA) is 21.3 Å². The van der Waals surface area contributed by atoms with Crippen LogP contribution in [-0.4, -0.2) is 13.7 Å². The lowest BCUT2D eigenvalue weighted by atomic mass is 9.98. The Balaban J connectivity index is 2.28. The molecule has 0 radical (unpaired) electrons. The predicted molar refractivity (Wildman–Crippen MR) is 79.5 cm³/mol. The summed E-state index contributed by atoms with van der Waals surface area (Å²) < 4.78 is 5.20. The second-order valence-corrected chi connectivity index (χ2v) is 4.31. The van der Waals surface area contributed by atoms with E-state index in [0.717, 1.165) is 12.3 Å². The molecule has 1 unspecified atom stereocenters. The highest BCUT2D eigenvalue weighted by Gasteiger charge is 2.12. The van der Waals surface area contributed by atoms with Gasteiger partial charge in [-0.3, -0.25) is 0 Å². The molecule has 0 aliphatic carbocycles. The zero-order valence-electron chi connectivity index (χ0n) is 11.2. The summed E-state index contributed by atoms with van der Waals surface area (Å²) in [5.74, 6) is 0.874. The maximum atomic E-state index is 5.20. The maximum absolute atomic E-state index is 5.20. The van der Waals surface area contributed by atoms with Crippen molar-refractivity contribution in [2.45, 2.75) is 6.04 Å². The van der Waals surface area contributed by atoms with Crippen LogP contribution in [0, 0.1) is 0 Å². The van der Waals surface area contributed by atoms with Crippen molar-refractivity contribution in [3.05, 3.63) is 78.4 Å². The summed E-state index contributed by atoms with van der Waals surface area (Å²) in [5, 5.41) is 3.48. The van der Waals surface area contributed by atoms with Crippen LogP contribution in [0.5, 0.6) is 5.75 Å². The van der Waals surface area contributed by atoms with E-state index in [2.05, 4.69) is 48.3 Å². The van der Waals surface area contributed by atoms with Gasteiger partial charge in [0.1, 0.15) is 5.75 Å². The van der Waals surface area contributed by atoms with Gasteiger partial charge in [0.15, 0.2) is 0 Å². The molecule has 0 bridgehead atoms. The van der Waals surface area contributed by atoms with Crippen molar-refractivity contribution in [2.24, 2.45) is 0 Å². The van der Waals surface area contributed by atoms with Crippen molar-refractivity contribution < 1.29 is 4.74 Å². The van der Waals surface area contributed by atoms with Crippen molar-refractivity contribution >= 4 is 0 Å². The molecule has 0 heterocycles. The van der Waals surface area contributed by atoms with E-state index >= 15 is 0 Å². The average Bonchev–Trinajstić information content (AvgIpc) is 2.49. The van der Waals surface area contributed by atoms with Crippen molar-refractivity contribution in [3.63, 3.8) is 0 Å². The first-order valence-electron chi connectivity index (χ1n) is 6.38. The van der Waals surface area contributed by atoms with Crippen LogP contribution in [0.3, 0.4) is 0 Å². The van der Waals surface area contributed by atoms with Crippen molar-refractivity contribution in [1.82, 2.24) is 5.32 Å². The normalized spacial score (nSPS) is 11.8. The van der Waals surface area contributed by atoms with E-state index in [1.165, 1.54) is 11.1 Å². The standard InChI is InChI=1S/C17H19NO/c1-3-13-18-17(14-7-5-4-6-8-14)15-9-11-16(19-2)12-10-15/h3-12,17-18H,1,13H2,2H3. The summed E-state index contributed by atoms with van der Waals surface area (Å²) in [5.41, 5.74) is 2.46. The number of ether oxygens (including phenoxy) is 1. The molecule has 0 saturated heterocycles. The zero-order valence-corrected chi connectivity index (χ0v) is 11.2. The fraction of sp³-hybridized carbons (Fsp3) is 0.176. The van der Waals surface area contributed by atoms with Gasteiger partial charge in [0.05, 0.1) is 13.2 Å². The largest absolute Gasteiger partial charge is 0.497 e. The minimum Gasteiger partial charge on any atom is -0.497 e. The van der Waals surface area contributed by atoms with Crippen LogP contribution in [0.4, 0.5) is 0 Å². The van der Waals surface area contributed by atoms with Gasteiger partial charge in [0, 0.05) is 6.54 Å². The van der Waals surface area contributed by atoms with Crippen molar-refractivity contribution in [3.8, 4) is 5.75 Å². The maximum Gasteiger partial charge on any atom is 0.118 e. The number of rotatable bonds is 6. The molecule has 2 rings (SSSR count). The molecule has 0 aliphatic heterocycles. The molecule has 1 atom stereocenters. The van der Waals surface area contributed by atoms with Crippen LogP contribution in [0.2, 0.25) is 0 Å². The second-order valence-electron chi connectivity index (χ2n) is 4.31. The molecule has 1 N–H and O–H groups in total. The fourth-order valence-corrected chi connectivity index (χ4v) is 2.07. The Labute approximate surface area is 114 Å². The smallest absolute Gasteiger partial charge is 0.118 e.